The molecule has 6 nitrogen and oxygen atoms in total. The molecule has 0 radical (unpaired) electrons. The standard InChI is InChI=1S/C20H26N4O2S/c25-18(21-13-11-16-7-3-1-4-8-16)15-27-20-23-22-19(26)24(20)14-12-17-9-5-2-6-10-17/h2,5-7,9-10H,1,3-4,8,11-15H2,(H,21,25)(H,22,26). The summed E-state index contributed by atoms with van der Waals surface area (Å²) in [4.78, 5) is 24.1. The van der Waals surface area contributed by atoms with Crippen molar-refractivity contribution in [2.24, 2.45) is 0 Å². The van der Waals surface area contributed by atoms with Gasteiger partial charge in [0.15, 0.2) is 5.16 Å². The number of aryl methyl sites for hydroxylation is 1. The van der Waals surface area contributed by atoms with Crippen LogP contribution in [0.5, 0.6) is 0 Å². The Morgan fingerprint density at radius 3 is 2.85 bits per heavy atom. The molecule has 2 N–H and O–H groups in total. The summed E-state index contributed by atoms with van der Waals surface area (Å²) in [6.07, 6.45) is 8.84. The van der Waals surface area contributed by atoms with Gasteiger partial charge < -0.3 is 5.32 Å². The average molecular weight is 387 g/mol. The van der Waals surface area contributed by atoms with Crippen molar-refractivity contribution in [2.45, 2.75) is 50.2 Å². The van der Waals surface area contributed by atoms with E-state index in [2.05, 4.69) is 21.6 Å². The molecule has 1 amide bonds. The minimum Gasteiger partial charge on any atom is -0.355 e. The van der Waals surface area contributed by atoms with Gasteiger partial charge in [-0.1, -0.05) is 53.7 Å². The lowest BCUT2D eigenvalue weighted by Crippen LogP contribution is -2.27. The van der Waals surface area contributed by atoms with Crippen LogP contribution in [0.15, 0.2) is 51.9 Å². The zero-order valence-electron chi connectivity index (χ0n) is 15.4. The molecule has 0 aliphatic heterocycles. The second-order valence-electron chi connectivity index (χ2n) is 6.70. The van der Waals surface area contributed by atoms with Crippen molar-refractivity contribution >= 4 is 17.7 Å². The lowest BCUT2D eigenvalue weighted by Gasteiger charge is -2.12. The molecule has 27 heavy (non-hydrogen) atoms. The zero-order valence-corrected chi connectivity index (χ0v) is 16.3. The van der Waals surface area contributed by atoms with Crippen molar-refractivity contribution in [2.75, 3.05) is 12.3 Å². The van der Waals surface area contributed by atoms with Crippen LogP contribution in [0, 0.1) is 0 Å². The van der Waals surface area contributed by atoms with E-state index in [1.54, 1.807) is 4.57 Å². The van der Waals surface area contributed by atoms with Gasteiger partial charge in [0.2, 0.25) is 5.91 Å². The fourth-order valence-electron chi connectivity index (χ4n) is 3.17. The number of hydrogen-bond donors (Lipinski definition) is 2. The second kappa shape index (κ2) is 10.2. The van der Waals surface area contributed by atoms with E-state index in [1.165, 1.54) is 36.6 Å². The van der Waals surface area contributed by atoms with Crippen LogP contribution in [-0.2, 0) is 17.8 Å². The van der Waals surface area contributed by atoms with Gasteiger partial charge in [-0.25, -0.2) is 9.89 Å². The smallest absolute Gasteiger partial charge is 0.343 e. The molecule has 0 fully saturated rings. The Morgan fingerprint density at radius 1 is 1.22 bits per heavy atom. The number of carbonyl (C=O) groups excluding carboxylic acids is 1. The monoisotopic (exact) mass is 386 g/mol. The van der Waals surface area contributed by atoms with Gasteiger partial charge in [-0.05, 0) is 44.1 Å². The molecule has 7 heteroatoms. The average Bonchev–Trinajstić information content (AvgIpc) is 3.06. The Bertz CT molecular complexity index is 826. The number of aromatic amines is 1. The summed E-state index contributed by atoms with van der Waals surface area (Å²) in [5, 5.41) is 10.0. The quantitative estimate of drug-likeness (QED) is 0.513. The van der Waals surface area contributed by atoms with Crippen LogP contribution in [-0.4, -0.2) is 33.0 Å². The summed E-state index contributed by atoms with van der Waals surface area (Å²) >= 11 is 1.29. The normalized spacial score (nSPS) is 14.0. The molecule has 0 atom stereocenters. The minimum absolute atomic E-state index is 0.0264. The molecule has 0 spiro atoms. The van der Waals surface area contributed by atoms with Crippen molar-refractivity contribution < 1.29 is 4.79 Å². The third kappa shape index (κ3) is 6.13. The van der Waals surface area contributed by atoms with Crippen LogP contribution < -0.4 is 11.0 Å². The van der Waals surface area contributed by atoms with E-state index in [9.17, 15) is 9.59 Å². The predicted molar refractivity (Wildman–Crippen MR) is 108 cm³/mol. The molecule has 0 saturated carbocycles. The molecular weight excluding hydrogens is 360 g/mol. The number of aromatic nitrogens is 3. The molecule has 0 bridgehead atoms. The van der Waals surface area contributed by atoms with Crippen molar-refractivity contribution in [1.29, 1.82) is 0 Å². The van der Waals surface area contributed by atoms with Crippen molar-refractivity contribution in [3.8, 4) is 0 Å². The van der Waals surface area contributed by atoms with Crippen LogP contribution in [0.4, 0.5) is 0 Å². The number of allylic oxidation sites excluding steroid dienone is 1. The van der Waals surface area contributed by atoms with E-state index in [-0.39, 0.29) is 17.3 Å². The highest BCUT2D eigenvalue weighted by Crippen LogP contribution is 2.19. The molecule has 1 aromatic heterocycles. The van der Waals surface area contributed by atoms with Gasteiger partial charge in [0.1, 0.15) is 0 Å². The van der Waals surface area contributed by atoms with Gasteiger partial charge in [-0.2, -0.15) is 0 Å². The first kappa shape index (κ1) is 19.5. The largest absolute Gasteiger partial charge is 0.355 e. The Hall–Kier alpha value is -2.28. The number of benzene rings is 1. The maximum absolute atomic E-state index is 12.1. The van der Waals surface area contributed by atoms with Crippen molar-refractivity contribution in [3.63, 3.8) is 0 Å². The number of nitrogens with one attached hydrogen (secondary N) is 2. The van der Waals surface area contributed by atoms with Crippen LogP contribution >= 0.6 is 11.8 Å². The van der Waals surface area contributed by atoms with E-state index in [0.717, 1.165) is 24.8 Å². The van der Waals surface area contributed by atoms with E-state index in [0.29, 0.717) is 18.2 Å². The predicted octanol–water partition coefficient (Wildman–Crippen LogP) is 2.91. The first-order valence-electron chi connectivity index (χ1n) is 9.49. The van der Waals surface area contributed by atoms with Gasteiger partial charge in [-0.3, -0.25) is 9.36 Å². The summed E-state index contributed by atoms with van der Waals surface area (Å²) in [6, 6.07) is 10.0. The third-order valence-corrected chi connectivity index (χ3v) is 5.65. The van der Waals surface area contributed by atoms with Crippen LogP contribution in [0.3, 0.4) is 0 Å². The highest BCUT2D eigenvalue weighted by Gasteiger charge is 2.12. The molecule has 0 unspecified atom stereocenters. The van der Waals surface area contributed by atoms with Gasteiger partial charge in [0, 0.05) is 13.1 Å². The summed E-state index contributed by atoms with van der Waals surface area (Å²) in [5.41, 5.74) is 2.38. The summed E-state index contributed by atoms with van der Waals surface area (Å²) in [5.74, 6) is 0.232. The Balaban J connectivity index is 1.44. The van der Waals surface area contributed by atoms with Gasteiger partial charge >= 0.3 is 5.69 Å². The number of hydrogen-bond acceptors (Lipinski definition) is 4. The first-order valence-corrected chi connectivity index (χ1v) is 10.5. The number of thioether (sulfide) groups is 1. The van der Waals surface area contributed by atoms with Crippen LogP contribution in [0.2, 0.25) is 0 Å². The molecule has 3 rings (SSSR count). The second-order valence-corrected chi connectivity index (χ2v) is 7.64. The summed E-state index contributed by atoms with van der Waals surface area (Å²) in [6.45, 7) is 1.21. The minimum atomic E-state index is -0.238. The third-order valence-electron chi connectivity index (χ3n) is 4.68. The Morgan fingerprint density at radius 2 is 2.07 bits per heavy atom. The topological polar surface area (TPSA) is 79.8 Å². The molecule has 1 aliphatic carbocycles. The molecule has 1 aromatic carbocycles. The lowest BCUT2D eigenvalue weighted by molar-refractivity contribution is -0.118. The van der Waals surface area contributed by atoms with Crippen molar-refractivity contribution in [1.82, 2.24) is 20.1 Å². The fraction of sp³-hybridized carbons (Fsp3) is 0.450. The van der Waals surface area contributed by atoms with E-state index >= 15 is 0 Å². The van der Waals surface area contributed by atoms with E-state index in [1.807, 2.05) is 30.3 Å². The zero-order chi connectivity index (χ0) is 18.9. The van der Waals surface area contributed by atoms with Crippen molar-refractivity contribution in [3.05, 3.63) is 58.0 Å². The molecule has 1 aliphatic rings. The number of H-pyrrole nitrogens is 1. The van der Waals surface area contributed by atoms with Gasteiger partial charge in [0.05, 0.1) is 5.75 Å². The van der Waals surface area contributed by atoms with Gasteiger partial charge in [-0.15, -0.1) is 5.10 Å². The Labute approximate surface area is 163 Å². The molecular formula is C20H26N4O2S. The van der Waals surface area contributed by atoms with Gasteiger partial charge in [0.25, 0.3) is 0 Å². The van der Waals surface area contributed by atoms with E-state index in [4.69, 9.17) is 0 Å². The first-order chi connectivity index (χ1) is 13.2. The fourth-order valence-corrected chi connectivity index (χ4v) is 3.97. The van der Waals surface area contributed by atoms with E-state index < -0.39 is 0 Å². The van der Waals surface area contributed by atoms with Crippen LogP contribution in [0.25, 0.3) is 0 Å². The highest BCUT2D eigenvalue weighted by atomic mass is 32.2. The highest BCUT2D eigenvalue weighted by molar-refractivity contribution is 7.99. The number of amides is 1. The number of nitrogens with zero attached hydrogens (tertiary/aromatic N) is 2. The molecule has 0 saturated heterocycles. The summed E-state index contributed by atoms with van der Waals surface area (Å²) < 4.78 is 1.60. The number of rotatable bonds is 9. The number of carbonyl (C=O) groups is 1. The van der Waals surface area contributed by atoms with Crippen LogP contribution in [0.1, 0.15) is 37.7 Å². The summed E-state index contributed by atoms with van der Waals surface area (Å²) in [7, 11) is 0. The maximum atomic E-state index is 12.1. The Kier molecular flexibility index (Phi) is 7.33. The SMILES string of the molecule is O=C(CSc1n[nH]c(=O)n1CCc1ccccc1)NCCC1=CCCCC1. The molecule has 2 aromatic rings. The maximum Gasteiger partial charge on any atom is 0.343 e. The lowest BCUT2D eigenvalue weighted by atomic mass is 9.97. The molecule has 144 valence electrons. The molecule has 1 heterocycles.